The van der Waals surface area contributed by atoms with Gasteiger partial charge in [0.25, 0.3) is 5.91 Å². The summed E-state index contributed by atoms with van der Waals surface area (Å²) in [4.78, 5) is 24.9. The fourth-order valence-corrected chi connectivity index (χ4v) is 2.98. The van der Waals surface area contributed by atoms with Gasteiger partial charge in [0.15, 0.2) is 0 Å². The number of hydrogen-bond acceptors (Lipinski definition) is 4. The zero-order valence-electron chi connectivity index (χ0n) is 13.4. The van der Waals surface area contributed by atoms with Crippen molar-refractivity contribution in [3.63, 3.8) is 0 Å². The monoisotopic (exact) mass is 327 g/mol. The van der Waals surface area contributed by atoms with E-state index in [-0.39, 0.29) is 17.7 Å². The molecule has 24 heavy (non-hydrogen) atoms. The van der Waals surface area contributed by atoms with Crippen LogP contribution in [0.4, 0.5) is 0 Å². The van der Waals surface area contributed by atoms with Crippen LogP contribution in [0.2, 0.25) is 0 Å². The molecule has 0 aliphatic heterocycles. The Morgan fingerprint density at radius 3 is 2.46 bits per heavy atom. The zero-order chi connectivity index (χ0) is 16.8. The van der Waals surface area contributed by atoms with E-state index < -0.39 is 12.1 Å². The predicted molar refractivity (Wildman–Crippen MR) is 88.3 cm³/mol. The Balaban J connectivity index is 1.74. The normalized spacial score (nSPS) is 16.3. The average Bonchev–Trinajstić information content (AvgIpc) is 3.16. The van der Waals surface area contributed by atoms with Gasteiger partial charge in [-0.3, -0.25) is 4.79 Å². The van der Waals surface area contributed by atoms with Crippen LogP contribution in [-0.4, -0.2) is 17.9 Å². The SMILES string of the molecule is O=C(O[C@@H](C(=O)NC1CCCCC1)c1ccccc1)c1ccco1. The number of hydrogen-bond donors (Lipinski definition) is 1. The smallest absolute Gasteiger partial charge is 0.375 e. The number of esters is 1. The van der Waals surface area contributed by atoms with Crippen molar-refractivity contribution in [2.45, 2.75) is 44.2 Å². The lowest BCUT2D eigenvalue weighted by molar-refractivity contribution is -0.131. The Morgan fingerprint density at radius 2 is 1.79 bits per heavy atom. The highest BCUT2D eigenvalue weighted by molar-refractivity contribution is 5.90. The first-order valence-electron chi connectivity index (χ1n) is 8.34. The van der Waals surface area contributed by atoms with Crippen molar-refractivity contribution in [1.82, 2.24) is 5.32 Å². The van der Waals surface area contributed by atoms with E-state index in [0.717, 1.165) is 25.7 Å². The quantitative estimate of drug-likeness (QED) is 0.852. The van der Waals surface area contributed by atoms with Gasteiger partial charge in [0.05, 0.1) is 6.26 Å². The topological polar surface area (TPSA) is 68.5 Å². The van der Waals surface area contributed by atoms with Crippen LogP contribution in [0.1, 0.15) is 54.3 Å². The van der Waals surface area contributed by atoms with Gasteiger partial charge >= 0.3 is 5.97 Å². The number of amides is 1. The maximum absolute atomic E-state index is 12.7. The predicted octanol–water partition coefficient (Wildman–Crippen LogP) is 3.63. The summed E-state index contributed by atoms with van der Waals surface area (Å²) in [7, 11) is 0. The Morgan fingerprint density at radius 1 is 1.04 bits per heavy atom. The van der Waals surface area contributed by atoms with E-state index >= 15 is 0 Å². The maximum atomic E-state index is 12.7. The molecule has 0 radical (unpaired) electrons. The van der Waals surface area contributed by atoms with E-state index in [1.807, 2.05) is 18.2 Å². The minimum Gasteiger partial charge on any atom is -0.457 e. The molecular formula is C19H21NO4. The van der Waals surface area contributed by atoms with Crippen LogP contribution in [0.3, 0.4) is 0 Å². The fraction of sp³-hybridized carbons (Fsp3) is 0.368. The average molecular weight is 327 g/mol. The lowest BCUT2D eigenvalue weighted by atomic mass is 9.95. The summed E-state index contributed by atoms with van der Waals surface area (Å²) in [5.74, 6) is -0.845. The third kappa shape index (κ3) is 4.04. The molecule has 2 aromatic rings. The summed E-state index contributed by atoms with van der Waals surface area (Å²) < 4.78 is 10.5. The van der Waals surface area contributed by atoms with Crippen LogP contribution >= 0.6 is 0 Å². The Labute approximate surface area is 141 Å². The maximum Gasteiger partial charge on any atom is 0.375 e. The van der Waals surface area contributed by atoms with Crippen molar-refractivity contribution in [1.29, 1.82) is 0 Å². The molecule has 0 saturated heterocycles. The number of ether oxygens (including phenoxy) is 1. The molecule has 1 heterocycles. The Bertz CT molecular complexity index is 660. The molecule has 1 aliphatic carbocycles. The highest BCUT2D eigenvalue weighted by Gasteiger charge is 2.28. The van der Waals surface area contributed by atoms with Crippen LogP contribution in [0.15, 0.2) is 53.1 Å². The Kier molecular flexibility index (Phi) is 5.31. The van der Waals surface area contributed by atoms with Gasteiger partial charge in [-0.2, -0.15) is 0 Å². The van der Waals surface area contributed by atoms with Crippen LogP contribution in [0, 0.1) is 0 Å². The van der Waals surface area contributed by atoms with Crippen LogP contribution in [0.25, 0.3) is 0 Å². The number of rotatable bonds is 5. The van der Waals surface area contributed by atoms with Gasteiger partial charge in [-0.25, -0.2) is 4.79 Å². The molecule has 1 aliphatic rings. The summed E-state index contributed by atoms with van der Waals surface area (Å²) in [6, 6.07) is 12.3. The summed E-state index contributed by atoms with van der Waals surface area (Å²) in [5, 5.41) is 3.02. The van der Waals surface area contributed by atoms with E-state index in [0.29, 0.717) is 5.56 Å². The van der Waals surface area contributed by atoms with Crippen molar-refractivity contribution in [2.75, 3.05) is 0 Å². The molecule has 0 spiro atoms. The first-order chi connectivity index (χ1) is 11.7. The minimum atomic E-state index is -0.981. The molecule has 1 fully saturated rings. The summed E-state index contributed by atoms with van der Waals surface area (Å²) >= 11 is 0. The van der Waals surface area contributed by atoms with Gasteiger partial charge in [0.2, 0.25) is 11.9 Å². The number of carbonyl (C=O) groups excluding carboxylic acids is 2. The van der Waals surface area contributed by atoms with Crippen molar-refractivity contribution < 1.29 is 18.7 Å². The van der Waals surface area contributed by atoms with Gasteiger partial charge in [-0.1, -0.05) is 49.6 Å². The minimum absolute atomic E-state index is 0.0846. The molecule has 126 valence electrons. The molecule has 5 heteroatoms. The number of nitrogens with one attached hydrogen (secondary N) is 1. The van der Waals surface area contributed by atoms with E-state index in [1.165, 1.54) is 18.8 Å². The van der Waals surface area contributed by atoms with E-state index in [1.54, 1.807) is 18.2 Å². The third-order valence-electron chi connectivity index (χ3n) is 4.24. The van der Waals surface area contributed by atoms with Gasteiger partial charge < -0.3 is 14.5 Å². The molecule has 1 N–H and O–H groups in total. The summed E-state index contributed by atoms with van der Waals surface area (Å²) in [6.45, 7) is 0. The molecular weight excluding hydrogens is 306 g/mol. The molecule has 1 aromatic carbocycles. The second kappa shape index (κ2) is 7.81. The molecule has 5 nitrogen and oxygen atoms in total. The van der Waals surface area contributed by atoms with Crippen molar-refractivity contribution in [2.24, 2.45) is 0 Å². The van der Waals surface area contributed by atoms with Crippen LogP contribution in [0.5, 0.6) is 0 Å². The van der Waals surface area contributed by atoms with E-state index in [9.17, 15) is 9.59 Å². The molecule has 1 saturated carbocycles. The standard InChI is InChI=1S/C19H21NO4/c21-18(20-15-10-5-2-6-11-15)17(14-8-3-1-4-9-14)24-19(22)16-12-7-13-23-16/h1,3-4,7-9,12-13,15,17H,2,5-6,10-11H2,(H,20,21)/t17-/m1/s1. The third-order valence-corrected chi connectivity index (χ3v) is 4.24. The van der Waals surface area contributed by atoms with Crippen LogP contribution < -0.4 is 5.32 Å². The molecule has 1 amide bonds. The van der Waals surface area contributed by atoms with Gasteiger partial charge in [-0.15, -0.1) is 0 Å². The number of carbonyl (C=O) groups is 2. The molecule has 0 bridgehead atoms. The van der Waals surface area contributed by atoms with Gasteiger partial charge in [0.1, 0.15) is 0 Å². The number of furan rings is 1. The number of benzene rings is 1. The summed E-state index contributed by atoms with van der Waals surface area (Å²) in [6.07, 6.45) is 5.81. The van der Waals surface area contributed by atoms with Crippen molar-refractivity contribution in [3.8, 4) is 0 Å². The van der Waals surface area contributed by atoms with Gasteiger partial charge in [-0.05, 0) is 25.0 Å². The largest absolute Gasteiger partial charge is 0.457 e. The fourth-order valence-electron chi connectivity index (χ4n) is 2.98. The lowest BCUT2D eigenvalue weighted by Gasteiger charge is -2.25. The van der Waals surface area contributed by atoms with E-state index in [2.05, 4.69) is 5.32 Å². The van der Waals surface area contributed by atoms with Crippen molar-refractivity contribution in [3.05, 3.63) is 60.1 Å². The summed E-state index contributed by atoms with van der Waals surface area (Å²) in [5.41, 5.74) is 0.644. The highest BCUT2D eigenvalue weighted by Crippen LogP contribution is 2.22. The molecule has 0 unspecified atom stereocenters. The Hall–Kier alpha value is -2.56. The van der Waals surface area contributed by atoms with E-state index in [4.69, 9.17) is 9.15 Å². The first kappa shape index (κ1) is 16.3. The molecule has 1 atom stereocenters. The molecule has 1 aromatic heterocycles. The second-order valence-corrected chi connectivity index (χ2v) is 6.02. The second-order valence-electron chi connectivity index (χ2n) is 6.02. The first-order valence-corrected chi connectivity index (χ1v) is 8.34. The van der Waals surface area contributed by atoms with Gasteiger partial charge in [0, 0.05) is 11.6 Å². The lowest BCUT2D eigenvalue weighted by Crippen LogP contribution is -2.40. The van der Waals surface area contributed by atoms with Crippen LogP contribution in [-0.2, 0) is 9.53 Å². The molecule has 3 rings (SSSR count). The van der Waals surface area contributed by atoms with Crippen molar-refractivity contribution >= 4 is 11.9 Å². The zero-order valence-corrected chi connectivity index (χ0v) is 13.4. The highest BCUT2D eigenvalue weighted by atomic mass is 16.6.